The summed E-state index contributed by atoms with van der Waals surface area (Å²) in [5.41, 5.74) is 0.324. The van der Waals surface area contributed by atoms with Crippen LogP contribution in [0.15, 0.2) is 29.4 Å². The maximum atomic E-state index is 15.3. The summed E-state index contributed by atoms with van der Waals surface area (Å²) < 4.78 is 50.5. The third-order valence-corrected chi connectivity index (χ3v) is 7.13. The van der Waals surface area contributed by atoms with Crippen molar-refractivity contribution < 1.29 is 22.7 Å². The van der Waals surface area contributed by atoms with Gasteiger partial charge in [0.15, 0.2) is 5.82 Å². The van der Waals surface area contributed by atoms with Crippen LogP contribution in [-0.2, 0) is 10.2 Å². The van der Waals surface area contributed by atoms with E-state index < -0.39 is 29.6 Å². The van der Waals surface area contributed by atoms with Gasteiger partial charge in [-0.3, -0.25) is 14.2 Å². The maximum Gasteiger partial charge on any atom is 0.244 e. The highest BCUT2D eigenvalue weighted by molar-refractivity contribution is 5.90. The average Bonchev–Trinajstić information content (AvgIpc) is 3.43. The predicted octanol–water partition coefficient (Wildman–Crippen LogP) is 4.25. The Kier molecular flexibility index (Phi) is 5.68. The van der Waals surface area contributed by atoms with Crippen LogP contribution < -0.4 is 10.1 Å². The first kappa shape index (κ1) is 24.1. The van der Waals surface area contributed by atoms with Gasteiger partial charge in [-0.05, 0) is 36.6 Å². The van der Waals surface area contributed by atoms with E-state index in [1.54, 1.807) is 18.3 Å². The number of benzene rings is 1. The second kappa shape index (κ2) is 8.49. The van der Waals surface area contributed by atoms with Gasteiger partial charge in [-0.15, -0.1) is 5.10 Å². The lowest BCUT2D eigenvalue weighted by molar-refractivity contribution is -0.128. The Morgan fingerprint density at radius 3 is 2.78 bits per heavy atom. The van der Waals surface area contributed by atoms with Crippen LogP contribution >= 0.6 is 0 Å². The quantitative estimate of drug-likeness (QED) is 0.547. The van der Waals surface area contributed by atoms with Gasteiger partial charge < -0.3 is 15.0 Å². The highest BCUT2D eigenvalue weighted by Crippen LogP contribution is 2.43. The Bertz CT molecular complexity index is 1390. The van der Waals surface area contributed by atoms with E-state index in [9.17, 15) is 9.18 Å². The summed E-state index contributed by atoms with van der Waals surface area (Å²) in [5.74, 6) is -0.643. The van der Waals surface area contributed by atoms with Crippen molar-refractivity contribution >= 4 is 29.3 Å². The molecule has 3 atom stereocenters. The fourth-order valence-electron chi connectivity index (χ4n) is 4.99. The lowest BCUT2D eigenvalue weighted by atomic mass is 9.81. The minimum atomic E-state index is -1.71. The number of carbonyl (C=O) groups is 1. The normalized spacial score (nSPS) is 25.0. The van der Waals surface area contributed by atoms with Crippen molar-refractivity contribution in [1.82, 2.24) is 19.5 Å². The molecule has 1 unspecified atom stereocenters. The van der Waals surface area contributed by atoms with Gasteiger partial charge in [0, 0.05) is 25.1 Å². The summed E-state index contributed by atoms with van der Waals surface area (Å²) in [6.45, 7) is 4.29. The minimum absolute atomic E-state index is 0.0399. The van der Waals surface area contributed by atoms with Crippen molar-refractivity contribution in [2.24, 2.45) is 4.99 Å². The molecular formula is C25H27F3N6O2. The number of nitrogens with zero attached hydrogens (tertiary/aromatic N) is 5. The van der Waals surface area contributed by atoms with E-state index in [1.807, 2.05) is 13.0 Å². The number of methoxy groups -OCH3 is 1. The number of halogens is 3. The Labute approximate surface area is 206 Å². The van der Waals surface area contributed by atoms with Crippen LogP contribution in [0.2, 0.25) is 0 Å². The number of aliphatic imine (C=N–C) groups is 1. The van der Waals surface area contributed by atoms with Crippen molar-refractivity contribution in [2.45, 2.75) is 44.3 Å². The van der Waals surface area contributed by atoms with E-state index in [0.29, 0.717) is 11.1 Å². The molecule has 4 heterocycles. The zero-order chi connectivity index (χ0) is 25.8. The third-order valence-electron chi connectivity index (χ3n) is 7.13. The highest BCUT2D eigenvalue weighted by atomic mass is 19.1. The molecule has 2 aliphatic rings. The smallest absolute Gasteiger partial charge is 0.244 e. The SMILES string of the molecule is COc1nc(N[C@@H]2CN(C(C)=O)CC2(C)F)nn2cc(F)c(-c3ccc4c(c3)[C@@](C)(CCF)C=N4)c12. The molecule has 1 saturated heterocycles. The second-order valence-corrected chi connectivity index (χ2v) is 9.81. The lowest BCUT2D eigenvalue weighted by Gasteiger charge is -2.22. The minimum Gasteiger partial charge on any atom is -0.479 e. The first-order valence-corrected chi connectivity index (χ1v) is 11.7. The zero-order valence-electron chi connectivity index (χ0n) is 20.5. The highest BCUT2D eigenvalue weighted by Gasteiger charge is 2.45. The number of fused-ring (bicyclic) bond motifs is 2. The number of alkyl halides is 2. The molecule has 11 heteroatoms. The molecule has 1 fully saturated rings. The molecule has 0 aliphatic carbocycles. The van der Waals surface area contributed by atoms with Gasteiger partial charge in [0.1, 0.15) is 11.2 Å². The fourth-order valence-corrected chi connectivity index (χ4v) is 4.99. The fraction of sp³-hybridized carbons (Fsp3) is 0.440. The van der Waals surface area contributed by atoms with Crippen LogP contribution in [-0.4, -0.2) is 70.2 Å². The Balaban J connectivity index is 1.55. The number of hydrogen-bond acceptors (Lipinski definition) is 6. The molecule has 2 aromatic heterocycles. The van der Waals surface area contributed by atoms with Crippen molar-refractivity contribution in [3.05, 3.63) is 35.8 Å². The molecule has 1 N–H and O–H groups in total. The van der Waals surface area contributed by atoms with Crippen LogP contribution in [0.4, 0.5) is 24.8 Å². The molecule has 2 aliphatic heterocycles. The number of carbonyl (C=O) groups excluding carboxylic acids is 1. The molecule has 0 spiro atoms. The van der Waals surface area contributed by atoms with Gasteiger partial charge in [-0.1, -0.05) is 13.0 Å². The molecule has 1 aromatic carbocycles. The van der Waals surface area contributed by atoms with Crippen LogP contribution in [0.25, 0.3) is 16.6 Å². The van der Waals surface area contributed by atoms with E-state index in [4.69, 9.17) is 4.74 Å². The van der Waals surface area contributed by atoms with Crippen molar-refractivity contribution in [1.29, 1.82) is 0 Å². The number of likely N-dealkylation sites (tertiary alicyclic amines) is 1. The standard InChI is InChI=1S/C25H27F3N6O2/c1-14(35)33-11-19(25(3,28)13-33)30-23-31-22(36-4)21-20(17(27)10-34(21)32-23)15-5-6-18-16(9-15)24(2,7-8-26)12-29-18/h5-6,9-10,12,19H,7-8,11,13H2,1-4H3,(H,30,32)/t19-,24+,25?/m1/s1. The van der Waals surface area contributed by atoms with Crippen molar-refractivity contribution in [3.8, 4) is 17.0 Å². The molecule has 1 amide bonds. The van der Waals surface area contributed by atoms with E-state index in [1.165, 1.54) is 36.6 Å². The van der Waals surface area contributed by atoms with E-state index in [0.717, 1.165) is 11.3 Å². The molecule has 0 radical (unpaired) electrons. The summed E-state index contributed by atoms with van der Waals surface area (Å²) in [5, 5.41) is 7.29. The largest absolute Gasteiger partial charge is 0.479 e. The van der Waals surface area contributed by atoms with Crippen LogP contribution in [0.1, 0.15) is 32.8 Å². The first-order valence-electron chi connectivity index (χ1n) is 11.7. The van der Waals surface area contributed by atoms with Gasteiger partial charge in [-0.2, -0.15) is 4.98 Å². The molecular weight excluding hydrogens is 473 g/mol. The number of rotatable bonds is 6. The van der Waals surface area contributed by atoms with Gasteiger partial charge in [-0.25, -0.2) is 13.3 Å². The van der Waals surface area contributed by atoms with E-state index in [2.05, 4.69) is 20.4 Å². The summed E-state index contributed by atoms with van der Waals surface area (Å²) in [6.07, 6.45) is 3.20. The Hall–Kier alpha value is -3.63. The van der Waals surface area contributed by atoms with Crippen LogP contribution in [0.3, 0.4) is 0 Å². The molecule has 8 nitrogen and oxygen atoms in total. The van der Waals surface area contributed by atoms with Gasteiger partial charge in [0.05, 0.1) is 43.8 Å². The Morgan fingerprint density at radius 2 is 2.11 bits per heavy atom. The number of amides is 1. The van der Waals surface area contributed by atoms with Crippen LogP contribution in [0, 0.1) is 5.82 Å². The monoisotopic (exact) mass is 500 g/mol. The molecule has 0 bridgehead atoms. The van der Waals surface area contributed by atoms with Crippen molar-refractivity contribution in [2.75, 3.05) is 32.2 Å². The number of ether oxygens (including phenoxy) is 1. The number of anilines is 1. The summed E-state index contributed by atoms with van der Waals surface area (Å²) in [6, 6.07) is 4.57. The average molecular weight is 501 g/mol. The Morgan fingerprint density at radius 1 is 1.33 bits per heavy atom. The molecule has 3 aromatic rings. The predicted molar refractivity (Wildman–Crippen MR) is 130 cm³/mol. The number of aromatic nitrogens is 3. The molecule has 36 heavy (non-hydrogen) atoms. The summed E-state index contributed by atoms with van der Waals surface area (Å²) in [4.78, 5) is 21.9. The third kappa shape index (κ3) is 3.86. The lowest BCUT2D eigenvalue weighted by Crippen LogP contribution is -2.40. The maximum absolute atomic E-state index is 15.3. The molecule has 0 saturated carbocycles. The van der Waals surface area contributed by atoms with Gasteiger partial charge in [0.2, 0.25) is 17.7 Å². The topological polar surface area (TPSA) is 84.1 Å². The zero-order valence-corrected chi connectivity index (χ0v) is 20.5. The number of nitrogens with one attached hydrogen (secondary N) is 1. The first-order chi connectivity index (χ1) is 17.1. The number of hydrogen-bond donors (Lipinski definition) is 1. The van der Waals surface area contributed by atoms with Crippen molar-refractivity contribution in [3.63, 3.8) is 0 Å². The second-order valence-electron chi connectivity index (χ2n) is 9.81. The summed E-state index contributed by atoms with van der Waals surface area (Å²) in [7, 11) is 1.40. The van der Waals surface area contributed by atoms with Gasteiger partial charge in [0.25, 0.3) is 0 Å². The van der Waals surface area contributed by atoms with Crippen LogP contribution in [0.5, 0.6) is 5.88 Å². The van der Waals surface area contributed by atoms with E-state index in [-0.39, 0.29) is 42.8 Å². The molecule has 190 valence electrons. The van der Waals surface area contributed by atoms with Gasteiger partial charge >= 0.3 is 0 Å². The molecule has 5 rings (SSSR count). The summed E-state index contributed by atoms with van der Waals surface area (Å²) >= 11 is 0. The van der Waals surface area contributed by atoms with E-state index >= 15 is 8.78 Å².